The molecule has 0 radical (unpaired) electrons. The van der Waals surface area contributed by atoms with Gasteiger partial charge in [0, 0.05) is 5.56 Å². The molecule has 0 saturated carbocycles. The third-order valence-corrected chi connectivity index (χ3v) is 4.23. The van der Waals surface area contributed by atoms with Crippen molar-refractivity contribution in [1.29, 1.82) is 0 Å². The SMILES string of the molecule is O=C(O[C@@H]1C=CO[C@@H]2CO[C@@H](c3ccccc3)O[C@@H]12)c1ccccc1. The van der Waals surface area contributed by atoms with Gasteiger partial charge in [-0.2, -0.15) is 0 Å². The summed E-state index contributed by atoms with van der Waals surface area (Å²) in [4.78, 5) is 12.4. The van der Waals surface area contributed by atoms with Gasteiger partial charge in [0.15, 0.2) is 18.5 Å². The molecule has 4 rings (SSSR count). The van der Waals surface area contributed by atoms with Crippen molar-refractivity contribution in [3.8, 4) is 0 Å². The van der Waals surface area contributed by atoms with E-state index in [0.29, 0.717) is 12.2 Å². The van der Waals surface area contributed by atoms with Crippen LogP contribution in [0.1, 0.15) is 22.2 Å². The van der Waals surface area contributed by atoms with Gasteiger partial charge in [-0.3, -0.25) is 0 Å². The van der Waals surface area contributed by atoms with Crippen molar-refractivity contribution in [3.05, 3.63) is 84.1 Å². The summed E-state index contributed by atoms with van der Waals surface area (Å²) in [5, 5.41) is 0. The van der Waals surface area contributed by atoms with Gasteiger partial charge in [0.2, 0.25) is 0 Å². The van der Waals surface area contributed by atoms with E-state index in [1.165, 1.54) is 0 Å². The Balaban J connectivity index is 1.49. The summed E-state index contributed by atoms with van der Waals surface area (Å²) >= 11 is 0. The summed E-state index contributed by atoms with van der Waals surface area (Å²) in [6.07, 6.45) is 1.49. The van der Waals surface area contributed by atoms with Gasteiger partial charge in [-0.1, -0.05) is 48.5 Å². The maximum Gasteiger partial charge on any atom is 0.338 e. The average molecular weight is 338 g/mol. The Morgan fingerprint density at radius 1 is 1.00 bits per heavy atom. The van der Waals surface area contributed by atoms with E-state index < -0.39 is 18.5 Å². The maximum absolute atomic E-state index is 12.4. The first-order valence-corrected chi connectivity index (χ1v) is 8.21. The minimum atomic E-state index is -0.526. The molecule has 1 fully saturated rings. The van der Waals surface area contributed by atoms with Gasteiger partial charge in [0.1, 0.15) is 6.10 Å². The van der Waals surface area contributed by atoms with Crippen LogP contribution in [-0.2, 0) is 18.9 Å². The molecule has 0 unspecified atom stereocenters. The Morgan fingerprint density at radius 2 is 1.72 bits per heavy atom. The van der Waals surface area contributed by atoms with Crippen LogP contribution in [0, 0.1) is 0 Å². The topological polar surface area (TPSA) is 54.0 Å². The van der Waals surface area contributed by atoms with Gasteiger partial charge >= 0.3 is 5.97 Å². The molecule has 4 atom stereocenters. The summed E-state index contributed by atoms with van der Waals surface area (Å²) in [6.45, 7) is 0.369. The highest BCUT2D eigenvalue weighted by Gasteiger charge is 2.42. The molecule has 0 N–H and O–H groups in total. The zero-order valence-corrected chi connectivity index (χ0v) is 13.5. The van der Waals surface area contributed by atoms with Crippen LogP contribution in [0.4, 0.5) is 0 Å². The van der Waals surface area contributed by atoms with Gasteiger partial charge in [-0.05, 0) is 18.2 Å². The summed E-state index contributed by atoms with van der Waals surface area (Å²) in [5.41, 5.74) is 1.43. The maximum atomic E-state index is 12.4. The van der Waals surface area contributed by atoms with Crippen LogP contribution >= 0.6 is 0 Å². The normalized spacial score (nSPS) is 27.8. The third kappa shape index (κ3) is 3.43. The number of carbonyl (C=O) groups excluding carboxylic acids is 1. The minimum absolute atomic E-state index is 0.307. The fourth-order valence-electron chi connectivity index (χ4n) is 2.94. The van der Waals surface area contributed by atoms with E-state index in [0.717, 1.165) is 5.56 Å². The highest BCUT2D eigenvalue weighted by atomic mass is 16.7. The monoisotopic (exact) mass is 338 g/mol. The molecular formula is C20H18O5. The van der Waals surface area contributed by atoms with Crippen molar-refractivity contribution in [3.63, 3.8) is 0 Å². The third-order valence-electron chi connectivity index (χ3n) is 4.23. The molecule has 0 bridgehead atoms. The molecule has 5 heteroatoms. The largest absolute Gasteiger partial charge is 0.493 e. The molecule has 0 amide bonds. The van der Waals surface area contributed by atoms with Crippen LogP contribution in [-0.4, -0.2) is 30.9 Å². The van der Waals surface area contributed by atoms with Crippen LogP contribution in [0.15, 0.2) is 73.0 Å². The molecule has 2 aromatic rings. The molecular weight excluding hydrogens is 320 g/mol. The van der Waals surface area contributed by atoms with Gasteiger partial charge in [-0.15, -0.1) is 0 Å². The van der Waals surface area contributed by atoms with E-state index in [2.05, 4.69) is 0 Å². The number of carbonyl (C=O) groups is 1. The molecule has 0 spiro atoms. The molecule has 2 aliphatic heterocycles. The number of esters is 1. The fraction of sp³-hybridized carbons (Fsp3) is 0.250. The number of rotatable bonds is 3. The summed E-state index contributed by atoms with van der Waals surface area (Å²) < 4.78 is 23.0. The highest BCUT2D eigenvalue weighted by molar-refractivity contribution is 5.89. The molecule has 0 aliphatic carbocycles. The Hall–Kier alpha value is -2.63. The Labute approximate surface area is 145 Å². The van der Waals surface area contributed by atoms with E-state index >= 15 is 0 Å². The van der Waals surface area contributed by atoms with Crippen molar-refractivity contribution in [2.24, 2.45) is 0 Å². The molecule has 0 aromatic heterocycles. The van der Waals surface area contributed by atoms with Crippen LogP contribution in [0.2, 0.25) is 0 Å². The van der Waals surface area contributed by atoms with E-state index in [1.54, 1.807) is 36.6 Å². The van der Waals surface area contributed by atoms with E-state index in [9.17, 15) is 4.79 Å². The average Bonchev–Trinajstić information content (AvgIpc) is 2.69. The second kappa shape index (κ2) is 7.09. The Bertz CT molecular complexity index is 743. The Kier molecular flexibility index (Phi) is 4.50. The van der Waals surface area contributed by atoms with Crippen LogP contribution < -0.4 is 0 Å². The molecule has 25 heavy (non-hydrogen) atoms. The van der Waals surface area contributed by atoms with Gasteiger partial charge < -0.3 is 18.9 Å². The van der Waals surface area contributed by atoms with Crippen molar-refractivity contribution < 1.29 is 23.7 Å². The highest BCUT2D eigenvalue weighted by Crippen LogP contribution is 2.32. The standard InChI is InChI=1S/C20H18O5/c21-19(14-7-3-1-4-8-14)24-16-11-12-22-17-13-23-20(25-18(16)17)15-9-5-2-6-10-15/h1-12,16-18,20H,13H2/t16-,17-,18+,20-/m1/s1. The first-order chi connectivity index (χ1) is 12.3. The lowest BCUT2D eigenvalue weighted by molar-refractivity contribution is -0.276. The molecule has 2 aromatic carbocycles. The number of ether oxygens (including phenoxy) is 4. The first-order valence-electron chi connectivity index (χ1n) is 8.21. The molecule has 5 nitrogen and oxygen atoms in total. The number of hydrogen-bond donors (Lipinski definition) is 0. The van der Waals surface area contributed by atoms with Gasteiger partial charge in [-0.25, -0.2) is 4.79 Å². The van der Waals surface area contributed by atoms with Gasteiger partial charge in [0.25, 0.3) is 0 Å². The van der Waals surface area contributed by atoms with Crippen LogP contribution in [0.25, 0.3) is 0 Å². The van der Waals surface area contributed by atoms with Crippen LogP contribution in [0.3, 0.4) is 0 Å². The minimum Gasteiger partial charge on any atom is -0.493 e. The number of hydrogen-bond acceptors (Lipinski definition) is 5. The predicted octanol–water partition coefficient (Wildman–Crippen LogP) is 3.24. The van der Waals surface area contributed by atoms with Crippen LogP contribution in [0.5, 0.6) is 0 Å². The van der Waals surface area contributed by atoms with Gasteiger partial charge in [0.05, 0.1) is 18.4 Å². The fourth-order valence-corrected chi connectivity index (χ4v) is 2.94. The quantitative estimate of drug-likeness (QED) is 0.804. The summed E-state index contributed by atoms with van der Waals surface area (Å²) in [7, 11) is 0. The van der Waals surface area contributed by atoms with Crippen molar-refractivity contribution in [2.75, 3.05) is 6.61 Å². The lowest BCUT2D eigenvalue weighted by Gasteiger charge is -2.40. The summed E-state index contributed by atoms with van der Waals surface area (Å²) in [5.74, 6) is -0.387. The van der Waals surface area contributed by atoms with Crippen molar-refractivity contribution in [2.45, 2.75) is 24.6 Å². The lowest BCUT2D eigenvalue weighted by atomic mass is 10.0. The number of benzene rings is 2. The second-order valence-corrected chi connectivity index (χ2v) is 5.92. The predicted molar refractivity (Wildman–Crippen MR) is 89.7 cm³/mol. The molecule has 2 heterocycles. The van der Waals surface area contributed by atoms with Crippen molar-refractivity contribution >= 4 is 5.97 Å². The molecule has 1 saturated heterocycles. The molecule has 2 aliphatic rings. The smallest absolute Gasteiger partial charge is 0.338 e. The lowest BCUT2D eigenvalue weighted by Crippen LogP contribution is -2.50. The zero-order chi connectivity index (χ0) is 17.1. The Morgan fingerprint density at radius 3 is 2.48 bits per heavy atom. The van der Waals surface area contributed by atoms with E-state index in [1.807, 2.05) is 36.4 Å². The second-order valence-electron chi connectivity index (χ2n) is 5.92. The first kappa shape index (κ1) is 15.9. The molecule has 128 valence electrons. The zero-order valence-electron chi connectivity index (χ0n) is 13.5. The number of fused-ring (bicyclic) bond motifs is 1. The summed E-state index contributed by atoms with van der Waals surface area (Å²) in [6, 6.07) is 18.6. The van der Waals surface area contributed by atoms with E-state index in [-0.39, 0.29) is 12.1 Å². The van der Waals surface area contributed by atoms with E-state index in [4.69, 9.17) is 18.9 Å². The van der Waals surface area contributed by atoms with Crippen molar-refractivity contribution in [1.82, 2.24) is 0 Å².